The molecule has 88 valence electrons. The third kappa shape index (κ3) is 3.05. The molecule has 1 nitrogen and oxygen atoms in total. The Bertz CT molecular complexity index is 488. The van der Waals surface area contributed by atoms with Gasteiger partial charge in [-0.25, -0.2) is 4.39 Å². The van der Waals surface area contributed by atoms with E-state index in [1.165, 1.54) is 17.7 Å². The minimum absolute atomic E-state index is 0.313. The van der Waals surface area contributed by atoms with Crippen LogP contribution in [0.1, 0.15) is 5.56 Å². The van der Waals surface area contributed by atoms with Crippen LogP contribution in [0.25, 0.3) is 11.1 Å². The lowest BCUT2D eigenvalue weighted by molar-refractivity contribution is 0.628. The van der Waals surface area contributed by atoms with E-state index in [1.807, 2.05) is 31.3 Å². The van der Waals surface area contributed by atoms with Crippen molar-refractivity contribution in [3.8, 4) is 11.1 Å². The van der Waals surface area contributed by atoms with Crippen LogP contribution in [0, 0.1) is 5.82 Å². The van der Waals surface area contributed by atoms with E-state index < -0.39 is 0 Å². The summed E-state index contributed by atoms with van der Waals surface area (Å²) in [5.74, 6) is -0.313. The molecular formula is C14H13ClFN. The van der Waals surface area contributed by atoms with Crippen molar-refractivity contribution in [1.82, 2.24) is 5.32 Å². The molecule has 0 spiro atoms. The van der Waals surface area contributed by atoms with Gasteiger partial charge in [0.1, 0.15) is 5.82 Å². The summed E-state index contributed by atoms with van der Waals surface area (Å²) in [5.41, 5.74) is 2.95. The maximum absolute atomic E-state index is 13.2. The second-order valence-electron chi connectivity index (χ2n) is 3.89. The SMILES string of the molecule is CNCc1ccc(-c2cc(F)cc(Cl)c2)cc1. The highest BCUT2D eigenvalue weighted by Crippen LogP contribution is 2.24. The first-order valence-electron chi connectivity index (χ1n) is 5.39. The van der Waals surface area contributed by atoms with Gasteiger partial charge in [-0.05, 0) is 41.9 Å². The van der Waals surface area contributed by atoms with Crippen LogP contribution in [0.4, 0.5) is 4.39 Å². The molecule has 0 heterocycles. The maximum atomic E-state index is 13.2. The minimum Gasteiger partial charge on any atom is -0.316 e. The first-order valence-corrected chi connectivity index (χ1v) is 5.77. The van der Waals surface area contributed by atoms with Gasteiger partial charge in [-0.15, -0.1) is 0 Å². The van der Waals surface area contributed by atoms with Crippen LogP contribution in [-0.4, -0.2) is 7.05 Å². The summed E-state index contributed by atoms with van der Waals surface area (Å²) in [5, 5.41) is 3.50. The van der Waals surface area contributed by atoms with Crippen molar-refractivity contribution in [1.29, 1.82) is 0 Å². The zero-order chi connectivity index (χ0) is 12.3. The van der Waals surface area contributed by atoms with Gasteiger partial charge < -0.3 is 5.32 Å². The average Bonchev–Trinajstić information content (AvgIpc) is 2.29. The van der Waals surface area contributed by atoms with Gasteiger partial charge in [0.2, 0.25) is 0 Å². The third-order valence-electron chi connectivity index (χ3n) is 2.53. The van der Waals surface area contributed by atoms with Crippen LogP contribution >= 0.6 is 11.6 Å². The summed E-state index contributed by atoms with van der Waals surface area (Å²) in [6.07, 6.45) is 0. The highest BCUT2D eigenvalue weighted by atomic mass is 35.5. The molecule has 0 aromatic heterocycles. The molecule has 0 saturated heterocycles. The second kappa shape index (κ2) is 5.30. The predicted molar refractivity (Wildman–Crippen MR) is 69.6 cm³/mol. The van der Waals surface area contributed by atoms with Crippen LogP contribution in [-0.2, 0) is 6.54 Å². The molecule has 0 radical (unpaired) electrons. The Morgan fingerprint density at radius 3 is 2.35 bits per heavy atom. The van der Waals surface area contributed by atoms with Crippen LogP contribution < -0.4 is 5.32 Å². The van der Waals surface area contributed by atoms with Gasteiger partial charge in [-0.3, -0.25) is 0 Å². The molecule has 3 heteroatoms. The van der Waals surface area contributed by atoms with Crippen LogP contribution in [0.2, 0.25) is 5.02 Å². The Balaban J connectivity index is 2.32. The molecule has 0 saturated carbocycles. The van der Waals surface area contributed by atoms with Crippen molar-refractivity contribution in [2.45, 2.75) is 6.54 Å². The third-order valence-corrected chi connectivity index (χ3v) is 2.75. The minimum atomic E-state index is -0.313. The normalized spacial score (nSPS) is 10.5. The van der Waals surface area contributed by atoms with E-state index in [2.05, 4.69) is 5.32 Å². The second-order valence-corrected chi connectivity index (χ2v) is 4.32. The highest BCUT2D eigenvalue weighted by molar-refractivity contribution is 6.30. The largest absolute Gasteiger partial charge is 0.316 e. The number of halogens is 2. The molecule has 0 aliphatic heterocycles. The first kappa shape index (κ1) is 12.1. The number of benzene rings is 2. The van der Waals surface area contributed by atoms with Crippen LogP contribution in [0.3, 0.4) is 0 Å². The van der Waals surface area contributed by atoms with Gasteiger partial charge in [-0.1, -0.05) is 35.9 Å². The first-order chi connectivity index (χ1) is 8.19. The van der Waals surface area contributed by atoms with E-state index in [1.54, 1.807) is 6.07 Å². The number of nitrogens with one attached hydrogen (secondary N) is 1. The summed E-state index contributed by atoms with van der Waals surface area (Å²) in [6.45, 7) is 0.824. The molecule has 0 bridgehead atoms. The molecular weight excluding hydrogens is 237 g/mol. The van der Waals surface area contributed by atoms with E-state index in [0.29, 0.717) is 5.02 Å². The van der Waals surface area contributed by atoms with Gasteiger partial charge >= 0.3 is 0 Å². The quantitative estimate of drug-likeness (QED) is 0.871. The van der Waals surface area contributed by atoms with Crippen molar-refractivity contribution in [2.24, 2.45) is 0 Å². The molecule has 17 heavy (non-hydrogen) atoms. The Morgan fingerprint density at radius 2 is 1.76 bits per heavy atom. The zero-order valence-electron chi connectivity index (χ0n) is 9.50. The van der Waals surface area contributed by atoms with E-state index >= 15 is 0 Å². The van der Waals surface area contributed by atoms with Crippen molar-refractivity contribution in [2.75, 3.05) is 7.05 Å². The Morgan fingerprint density at radius 1 is 1.06 bits per heavy atom. The Labute approximate surface area is 105 Å². The van der Waals surface area contributed by atoms with Crippen molar-refractivity contribution >= 4 is 11.6 Å². The molecule has 0 atom stereocenters. The summed E-state index contributed by atoms with van der Waals surface area (Å²) >= 11 is 5.83. The molecule has 0 amide bonds. The summed E-state index contributed by atoms with van der Waals surface area (Å²) in [4.78, 5) is 0. The summed E-state index contributed by atoms with van der Waals surface area (Å²) in [6, 6.07) is 12.5. The summed E-state index contributed by atoms with van der Waals surface area (Å²) < 4.78 is 13.2. The topological polar surface area (TPSA) is 12.0 Å². The van der Waals surface area contributed by atoms with E-state index in [4.69, 9.17) is 11.6 Å². The van der Waals surface area contributed by atoms with E-state index in [0.717, 1.165) is 17.7 Å². The lowest BCUT2D eigenvalue weighted by atomic mass is 10.0. The fourth-order valence-corrected chi connectivity index (χ4v) is 1.96. The van der Waals surface area contributed by atoms with Gasteiger partial charge in [0.25, 0.3) is 0 Å². The Hall–Kier alpha value is -1.38. The van der Waals surface area contributed by atoms with Crippen molar-refractivity contribution < 1.29 is 4.39 Å². The Kier molecular flexibility index (Phi) is 3.77. The standard InChI is InChI=1S/C14H13ClFN/c1-17-9-10-2-4-11(5-3-10)12-6-13(15)8-14(16)7-12/h2-8,17H,9H2,1H3. The highest BCUT2D eigenvalue weighted by Gasteiger charge is 2.02. The monoisotopic (exact) mass is 249 g/mol. The number of hydrogen-bond acceptors (Lipinski definition) is 1. The lowest BCUT2D eigenvalue weighted by Gasteiger charge is -2.05. The van der Waals surface area contributed by atoms with E-state index in [-0.39, 0.29) is 5.82 Å². The smallest absolute Gasteiger partial charge is 0.125 e. The maximum Gasteiger partial charge on any atom is 0.125 e. The molecule has 2 aromatic carbocycles. The molecule has 0 unspecified atom stereocenters. The molecule has 0 aliphatic rings. The van der Waals surface area contributed by atoms with Crippen molar-refractivity contribution in [3.63, 3.8) is 0 Å². The molecule has 1 N–H and O–H groups in total. The zero-order valence-corrected chi connectivity index (χ0v) is 10.3. The van der Waals surface area contributed by atoms with Gasteiger partial charge in [0.15, 0.2) is 0 Å². The fraction of sp³-hybridized carbons (Fsp3) is 0.143. The van der Waals surface area contributed by atoms with E-state index in [9.17, 15) is 4.39 Å². The fourth-order valence-electron chi connectivity index (χ4n) is 1.74. The van der Waals surface area contributed by atoms with Gasteiger partial charge in [0, 0.05) is 11.6 Å². The van der Waals surface area contributed by atoms with Crippen LogP contribution in [0.5, 0.6) is 0 Å². The van der Waals surface area contributed by atoms with Gasteiger partial charge in [0.05, 0.1) is 0 Å². The van der Waals surface area contributed by atoms with Crippen molar-refractivity contribution in [3.05, 3.63) is 58.9 Å². The van der Waals surface area contributed by atoms with Gasteiger partial charge in [-0.2, -0.15) is 0 Å². The lowest BCUT2D eigenvalue weighted by Crippen LogP contribution is -2.04. The van der Waals surface area contributed by atoms with Crippen LogP contribution in [0.15, 0.2) is 42.5 Å². The average molecular weight is 250 g/mol. The molecule has 0 fully saturated rings. The molecule has 0 aliphatic carbocycles. The number of rotatable bonds is 3. The molecule has 2 rings (SSSR count). The summed E-state index contributed by atoms with van der Waals surface area (Å²) in [7, 11) is 1.90. The molecule has 2 aromatic rings. The number of hydrogen-bond donors (Lipinski definition) is 1. The predicted octanol–water partition coefficient (Wildman–Crippen LogP) is 3.87.